The molecule has 1 heterocycles. The Morgan fingerprint density at radius 1 is 1.64 bits per heavy atom. The van der Waals surface area contributed by atoms with E-state index in [9.17, 15) is 0 Å². The largest absolute Gasteiger partial charge is 0.329 e. The van der Waals surface area contributed by atoms with Crippen molar-refractivity contribution in [3.05, 3.63) is 0 Å². The van der Waals surface area contributed by atoms with Gasteiger partial charge in [-0.25, -0.2) is 0 Å². The first-order valence-corrected chi connectivity index (χ1v) is 5.30. The lowest BCUT2D eigenvalue weighted by Crippen LogP contribution is -2.41. The van der Waals surface area contributed by atoms with Gasteiger partial charge in [0.05, 0.1) is 4.87 Å². The molecule has 1 atom stereocenters. The zero-order chi connectivity index (χ0) is 8.32. The summed E-state index contributed by atoms with van der Waals surface area (Å²) in [5, 5.41) is 0. The van der Waals surface area contributed by atoms with Gasteiger partial charge >= 0.3 is 0 Å². The van der Waals surface area contributed by atoms with Crippen LogP contribution in [-0.2, 0) is 0 Å². The SMILES string of the molecule is CCC1(C)SCCN1CCN. The first-order valence-electron chi connectivity index (χ1n) is 4.32. The average Bonchev–Trinajstić information content (AvgIpc) is 2.35. The third kappa shape index (κ3) is 1.89. The van der Waals surface area contributed by atoms with Gasteiger partial charge in [-0.15, -0.1) is 11.8 Å². The van der Waals surface area contributed by atoms with Gasteiger partial charge in [-0.1, -0.05) is 6.92 Å². The average molecular weight is 174 g/mol. The van der Waals surface area contributed by atoms with Crippen LogP contribution >= 0.6 is 11.8 Å². The fourth-order valence-corrected chi connectivity index (χ4v) is 2.85. The molecule has 1 aliphatic heterocycles. The Hall–Kier alpha value is 0.270. The van der Waals surface area contributed by atoms with Crippen molar-refractivity contribution in [1.29, 1.82) is 0 Å². The molecule has 11 heavy (non-hydrogen) atoms. The van der Waals surface area contributed by atoms with Crippen molar-refractivity contribution in [2.24, 2.45) is 5.73 Å². The van der Waals surface area contributed by atoms with E-state index in [1.54, 1.807) is 0 Å². The van der Waals surface area contributed by atoms with E-state index in [-0.39, 0.29) is 0 Å². The molecule has 0 aromatic carbocycles. The summed E-state index contributed by atoms with van der Waals surface area (Å²) in [6, 6.07) is 0. The molecule has 1 rings (SSSR count). The summed E-state index contributed by atoms with van der Waals surface area (Å²) >= 11 is 2.06. The van der Waals surface area contributed by atoms with Crippen molar-refractivity contribution in [3.63, 3.8) is 0 Å². The highest BCUT2D eigenvalue weighted by Gasteiger charge is 2.34. The van der Waals surface area contributed by atoms with Gasteiger partial charge in [-0.2, -0.15) is 0 Å². The Kier molecular flexibility index (Phi) is 3.22. The van der Waals surface area contributed by atoms with Crippen molar-refractivity contribution in [2.45, 2.75) is 25.1 Å². The Bertz CT molecular complexity index is 129. The van der Waals surface area contributed by atoms with E-state index in [1.807, 2.05) is 0 Å². The van der Waals surface area contributed by atoms with Crippen LogP contribution in [0, 0.1) is 0 Å². The molecule has 0 amide bonds. The first kappa shape index (κ1) is 9.36. The maximum atomic E-state index is 5.53. The van der Waals surface area contributed by atoms with E-state index in [4.69, 9.17) is 5.73 Å². The lowest BCUT2D eigenvalue weighted by Gasteiger charge is -2.32. The number of hydrogen-bond donors (Lipinski definition) is 1. The molecular weight excluding hydrogens is 156 g/mol. The van der Waals surface area contributed by atoms with Gasteiger partial charge in [0.25, 0.3) is 0 Å². The summed E-state index contributed by atoms with van der Waals surface area (Å²) in [4.78, 5) is 2.87. The van der Waals surface area contributed by atoms with Crippen LogP contribution in [0.4, 0.5) is 0 Å². The second kappa shape index (κ2) is 3.78. The highest BCUT2D eigenvalue weighted by atomic mass is 32.2. The Morgan fingerprint density at radius 2 is 2.36 bits per heavy atom. The van der Waals surface area contributed by atoms with Gasteiger partial charge in [0.2, 0.25) is 0 Å². The smallest absolute Gasteiger partial charge is 0.0640 e. The molecule has 0 aliphatic carbocycles. The number of hydrogen-bond acceptors (Lipinski definition) is 3. The molecule has 3 heteroatoms. The van der Waals surface area contributed by atoms with Crippen LogP contribution in [0.15, 0.2) is 0 Å². The molecule has 0 spiro atoms. The predicted octanol–water partition coefficient (Wildman–Crippen LogP) is 1.12. The molecule has 1 saturated heterocycles. The highest BCUT2D eigenvalue weighted by Crippen LogP contribution is 2.37. The molecule has 0 radical (unpaired) electrons. The molecule has 0 aromatic rings. The van der Waals surface area contributed by atoms with Crippen molar-refractivity contribution in [3.8, 4) is 0 Å². The molecule has 2 nitrogen and oxygen atoms in total. The normalized spacial score (nSPS) is 33.0. The summed E-state index contributed by atoms with van der Waals surface area (Å²) in [5.41, 5.74) is 5.53. The molecule has 1 fully saturated rings. The van der Waals surface area contributed by atoms with Crippen LogP contribution < -0.4 is 5.73 Å². The summed E-state index contributed by atoms with van der Waals surface area (Å²) < 4.78 is 0. The monoisotopic (exact) mass is 174 g/mol. The van der Waals surface area contributed by atoms with Crippen molar-refractivity contribution in [1.82, 2.24) is 4.90 Å². The molecule has 66 valence electrons. The Morgan fingerprint density at radius 3 is 2.91 bits per heavy atom. The zero-order valence-corrected chi connectivity index (χ0v) is 8.28. The standard InChI is InChI=1S/C8H18N2S/c1-3-8(2)10(5-4-9)6-7-11-8/h3-7,9H2,1-2H3. The van der Waals surface area contributed by atoms with Gasteiger partial charge in [-0.05, 0) is 13.3 Å². The van der Waals surface area contributed by atoms with E-state index in [0.29, 0.717) is 4.87 Å². The summed E-state index contributed by atoms with van der Waals surface area (Å²) in [5.74, 6) is 1.27. The summed E-state index contributed by atoms with van der Waals surface area (Å²) in [6.07, 6.45) is 1.22. The highest BCUT2D eigenvalue weighted by molar-refractivity contribution is 8.00. The molecule has 0 aromatic heterocycles. The minimum atomic E-state index is 0.374. The zero-order valence-electron chi connectivity index (χ0n) is 7.47. The van der Waals surface area contributed by atoms with Crippen LogP contribution in [0.5, 0.6) is 0 Å². The molecule has 2 N–H and O–H groups in total. The Balaban J connectivity index is 2.49. The van der Waals surface area contributed by atoms with Crippen LogP contribution in [0.2, 0.25) is 0 Å². The summed E-state index contributed by atoms with van der Waals surface area (Å²) in [6.45, 7) is 7.63. The molecular formula is C8H18N2S. The molecule has 1 unspecified atom stereocenters. The van der Waals surface area contributed by atoms with Crippen LogP contribution in [0.25, 0.3) is 0 Å². The predicted molar refractivity (Wildman–Crippen MR) is 51.8 cm³/mol. The lowest BCUT2D eigenvalue weighted by molar-refractivity contribution is 0.210. The van der Waals surface area contributed by atoms with Crippen molar-refractivity contribution >= 4 is 11.8 Å². The van der Waals surface area contributed by atoms with E-state index in [1.165, 1.54) is 18.7 Å². The van der Waals surface area contributed by atoms with Gasteiger partial charge in [0.1, 0.15) is 0 Å². The van der Waals surface area contributed by atoms with E-state index < -0.39 is 0 Å². The van der Waals surface area contributed by atoms with Gasteiger partial charge in [0.15, 0.2) is 0 Å². The second-order valence-electron chi connectivity index (χ2n) is 3.15. The molecule has 0 saturated carbocycles. The van der Waals surface area contributed by atoms with E-state index in [0.717, 1.165) is 13.1 Å². The fourth-order valence-electron chi connectivity index (χ4n) is 1.53. The molecule has 1 aliphatic rings. The van der Waals surface area contributed by atoms with Crippen molar-refractivity contribution in [2.75, 3.05) is 25.4 Å². The second-order valence-corrected chi connectivity index (χ2v) is 4.73. The van der Waals surface area contributed by atoms with Gasteiger partial charge in [-0.3, -0.25) is 4.90 Å². The third-order valence-electron chi connectivity index (χ3n) is 2.50. The molecule has 0 bridgehead atoms. The lowest BCUT2D eigenvalue weighted by atomic mass is 10.2. The van der Waals surface area contributed by atoms with Gasteiger partial charge < -0.3 is 5.73 Å². The first-order chi connectivity index (χ1) is 5.23. The number of rotatable bonds is 3. The minimum absolute atomic E-state index is 0.374. The van der Waals surface area contributed by atoms with Crippen molar-refractivity contribution < 1.29 is 0 Å². The number of thioether (sulfide) groups is 1. The number of nitrogens with zero attached hydrogens (tertiary/aromatic N) is 1. The van der Waals surface area contributed by atoms with E-state index in [2.05, 4.69) is 30.5 Å². The summed E-state index contributed by atoms with van der Waals surface area (Å²) in [7, 11) is 0. The van der Waals surface area contributed by atoms with Crippen LogP contribution in [0.1, 0.15) is 20.3 Å². The Labute approximate surface area is 73.5 Å². The van der Waals surface area contributed by atoms with E-state index >= 15 is 0 Å². The number of nitrogens with two attached hydrogens (primary N) is 1. The maximum Gasteiger partial charge on any atom is 0.0640 e. The van der Waals surface area contributed by atoms with Gasteiger partial charge in [0, 0.05) is 25.4 Å². The minimum Gasteiger partial charge on any atom is -0.329 e. The quantitative estimate of drug-likeness (QED) is 0.695. The fraction of sp³-hybridized carbons (Fsp3) is 1.00. The topological polar surface area (TPSA) is 29.3 Å². The third-order valence-corrected chi connectivity index (χ3v) is 4.05. The van der Waals surface area contributed by atoms with Crippen LogP contribution in [0.3, 0.4) is 0 Å². The maximum absolute atomic E-state index is 5.53. The van der Waals surface area contributed by atoms with Crippen LogP contribution in [-0.4, -0.2) is 35.2 Å².